The Morgan fingerprint density at radius 1 is 1.21 bits per heavy atom. The smallest absolute Gasteiger partial charge is 0.248 e. The van der Waals surface area contributed by atoms with E-state index < -0.39 is 28.7 Å². The first-order valence-electron chi connectivity index (χ1n) is 11.6. The first kappa shape index (κ1) is 22.2. The lowest BCUT2D eigenvalue weighted by Crippen LogP contribution is -2.54. The molecule has 6 atom stereocenters. The minimum Gasteiger partial charge on any atom is -0.394 e. The molecular weight excluding hydrogens is 438 g/mol. The van der Waals surface area contributed by atoms with Gasteiger partial charge in [-0.1, -0.05) is 37.3 Å². The normalized spacial score (nSPS) is 31.0. The monoisotopic (exact) mass is 467 g/mol. The minimum absolute atomic E-state index is 0.0335. The average Bonchev–Trinajstić information content (AvgIpc) is 3.47. The number of nitrogens with one attached hydrogen (secondary N) is 2. The molecule has 3 amide bonds. The van der Waals surface area contributed by atoms with Crippen molar-refractivity contribution in [3.05, 3.63) is 42.5 Å². The van der Waals surface area contributed by atoms with Gasteiger partial charge >= 0.3 is 0 Å². The Labute approximate surface area is 197 Å². The van der Waals surface area contributed by atoms with Gasteiger partial charge < -0.3 is 20.6 Å². The second-order valence-electron chi connectivity index (χ2n) is 9.21. The van der Waals surface area contributed by atoms with Crippen molar-refractivity contribution in [3.63, 3.8) is 0 Å². The van der Waals surface area contributed by atoms with Crippen molar-refractivity contribution in [2.75, 3.05) is 19.0 Å². The molecule has 3 aliphatic heterocycles. The Bertz CT molecular complexity index is 1120. The van der Waals surface area contributed by atoms with E-state index in [4.69, 9.17) is 0 Å². The highest BCUT2D eigenvalue weighted by Crippen LogP contribution is 2.66. The molecule has 174 valence electrons. The summed E-state index contributed by atoms with van der Waals surface area (Å²) in [6, 6.07) is 12.5. The number of aliphatic hydroxyl groups is 1. The number of aliphatic hydroxyl groups excluding tert-OH is 1. The van der Waals surface area contributed by atoms with Gasteiger partial charge in [-0.15, -0.1) is 11.8 Å². The van der Waals surface area contributed by atoms with Crippen LogP contribution in [0.5, 0.6) is 0 Å². The number of amides is 3. The molecule has 3 heterocycles. The highest BCUT2D eigenvalue weighted by molar-refractivity contribution is 8.02. The first-order valence-corrected chi connectivity index (χ1v) is 12.4. The van der Waals surface area contributed by atoms with Crippen LogP contribution in [0.15, 0.2) is 42.5 Å². The number of anilines is 1. The fraction of sp³-hybridized carbons (Fsp3) is 0.480. The molecule has 5 rings (SSSR count). The van der Waals surface area contributed by atoms with Crippen molar-refractivity contribution in [3.8, 4) is 0 Å². The van der Waals surface area contributed by atoms with Gasteiger partial charge in [0.1, 0.15) is 6.04 Å². The van der Waals surface area contributed by atoms with Crippen LogP contribution < -0.4 is 10.6 Å². The minimum atomic E-state index is -0.733. The summed E-state index contributed by atoms with van der Waals surface area (Å²) >= 11 is 1.63. The molecule has 3 N–H and O–H groups in total. The molecule has 0 saturated carbocycles. The van der Waals surface area contributed by atoms with Crippen LogP contribution in [0.4, 0.5) is 5.69 Å². The van der Waals surface area contributed by atoms with Crippen molar-refractivity contribution in [2.45, 2.75) is 48.3 Å². The zero-order chi connectivity index (χ0) is 23.3. The fourth-order valence-corrected chi connectivity index (χ4v) is 8.35. The largest absolute Gasteiger partial charge is 0.394 e. The quantitative estimate of drug-likeness (QED) is 0.606. The van der Waals surface area contributed by atoms with Gasteiger partial charge in [-0.2, -0.15) is 0 Å². The van der Waals surface area contributed by atoms with Crippen LogP contribution in [-0.2, 0) is 14.4 Å². The van der Waals surface area contributed by atoms with Gasteiger partial charge in [0.2, 0.25) is 17.7 Å². The van der Waals surface area contributed by atoms with Gasteiger partial charge in [-0.05, 0) is 42.2 Å². The molecule has 33 heavy (non-hydrogen) atoms. The number of carbonyl (C=O) groups excluding carboxylic acids is 3. The molecule has 1 spiro atoms. The average molecular weight is 468 g/mol. The number of hydrogen-bond donors (Lipinski definition) is 3. The topological polar surface area (TPSA) is 98.7 Å². The summed E-state index contributed by atoms with van der Waals surface area (Å²) in [5, 5.41) is 18.0. The van der Waals surface area contributed by atoms with Crippen LogP contribution in [-0.4, -0.2) is 63.5 Å². The standard InChI is InChI=1S/C25H29N3O4S/c1-3-17(13-29)28-21(23(31)27-16-9-8-14-6-4-5-7-15(14)12-16)25-11-10-18(33-25)19(22(30)26-2)20(25)24(28)32/h4-9,12,17-21,29H,3,10-11,13H2,1-2H3,(H,26,30)(H,27,31)/t17-,18+,19-,20-,21?,25?/m0/s1. The van der Waals surface area contributed by atoms with E-state index in [2.05, 4.69) is 10.6 Å². The number of nitrogens with zero attached hydrogens (tertiary/aromatic N) is 1. The van der Waals surface area contributed by atoms with Gasteiger partial charge in [0.05, 0.1) is 29.2 Å². The van der Waals surface area contributed by atoms with Crippen LogP contribution in [0.2, 0.25) is 0 Å². The highest BCUT2D eigenvalue weighted by Gasteiger charge is 2.74. The molecule has 2 aromatic carbocycles. The molecule has 0 aliphatic carbocycles. The van der Waals surface area contributed by atoms with E-state index in [9.17, 15) is 19.5 Å². The summed E-state index contributed by atoms with van der Waals surface area (Å²) in [7, 11) is 1.59. The Kier molecular flexibility index (Phi) is 5.61. The zero-order valence-corrected chi connectivity index (χ0v) is 19.6. The number of rotatable bonds is 6. The van der Waals surface area contributed by atoms with E-state index in [1.165, 1.54) is 0 Å². The summed E-state index contributed by atoms with van der Waals surface area (Å²) in [6.07, 6.45) is 2.04. The molecule has 0 radical (unpaired) electrons. The lowest BCUT2D eigenvalue weighted by atomic mass is 9.70. The van der Waals surface area contributed by atoms with Crippen molar-refractivity contribution in [1.29, 1.82) is 0 Å². The fourth-order valence-electron chi connectivity index (χ4n) is 6.14. The van der Waals surface area contributed by atoms with Crippen LogP contribution in [0.25, 0.3) is 10.8 Å². The van der Waals surface area contributed by atoms with Crippen LogP contribution >= 0.6 is 11.8 Å². The number of benzene rings is 2. The Morgan fingerprint density at radius 2 is 1.97 bits per heavy atom. The third-order valence-electron chi connectivity index (χ3n) is 7.63. The summed E-state index contributed by atoms with van der Waals surface area (Å²) in [4.78, 5) is 41.9. The predicted octanol–water partition coefficient (Wildman–Crippen LogP) is 2.39. The molecule has 7 nitrogen and oxygen atoms in total. The Balaban J connectivity index is 1.53. The molecule has 2 unspecified atom stereocenters. The molecule has 3 saturated heterocycles. The molecule has 8 heteroatoms. The Hall–Kier alpha value is -2.58. The second-order valence-corrected chi connectivity index (χ2v) is 10.8. The zero-order valence-electron chi connectivity index (χ0n) is 18.8. The number of fused-ring (bicyclic) bond motifs is 2. The number of likely N-dealkylation sites (tertiary alicyclic amines) is 1. The summed E-state index contributed by atoms with van der Waals surface area (Å²) in [5.41, 5.74) is 0.670. The van der Waals surface area contributed by atoms with Crippen molar-refractivity contribution < 1.29 is 19.5 Å². The lowest BCUT2D eigenvalue weighted by Gasteiger charge is -2.36. The van der Waals surface area contributed by atoms with E-state index in [0.29, 0.717) is 18.5 Å². The van der Waals surface area contributed by atoms with Crippen LogP contribution in [0.3, 0.4) is 0 Å². The van der Waals surface area contributed by atoms with Crippen LogP contribution in [0, 0.1) is 11.8 Å². The van der Waals surface area contributed by atoms with Gasteiger partial charge in [-0.3, -0.25) is 14.4 Å². The third kappa shape index (κ3) is 3.26. The van der Waals surface area contributed by atoms with Gasteiger partial charge in [0, 0.05) is 18.0 Å². The number of carbonyl (C=O) groups is 3. The summed E-state index contributed by atoms with van der Waals surface area (Å²) in [6.45, 7) is 1.68. The van der Waals surface area contributed by atoms with Crippen molar-refractivity contribution >= 4 is 45.9 Å². The maximum absolute atomic E-state index is 13.8. The Morgan fingerprint density at radius 3 is 2.67 bits per heavy atom. The van der Waals surface area contributed by atoms with E-state index in [1.54, 1.807) is 23.7 Å². The third-order valence-corrected chi connectivity index (χ3v) is 9.58. The van der Waals surface area contributed by atoms with Gasteiger partial charge in [-0.25, -0.2) is 0 Å². The molecular formula is C25H29N3O4S. The lowest BCUT2D eigenvalue weighted by molar-refractivity contribution is -0.142. The van der Waals surface area contributed by atoms with E-state index in [1.807, 2.05) is 49.4 Å². The molecule has 3 aliphatic rings. The molecule has 2 aromatic rings. The van der Waals surface area contributed by atoms with E-state index in [0.717, 1.165) is 17.2 Å². The molecule has 3 fully saturated rings. The van der Waals surface area contributed by atoms with Gasteiger partial charge in [0.25, 0.3) is 0 Å². The second kappa shape index (κ2) is 8.33. The van der Waals surface area contributed by atoms with Crippen molar-refractivity contribution in [2.24, 2.45) is 11.8 Å². The molecule has 2 bridgehead atoms. The first-order chi connectivity index (χ1) is 15.9. The van der Waals surface area contributed by atoms with Crippen molar-refractivity contribution in [1.82, 2.24) is 10.2 Å². The van der Waals surface area contributed by atoms with Crippen LogP contribution in [0.1, 0.15) is 26.2 Å². The van der Waals surface area contributed by atoms with E-state index in [-0.39, 0.29) is 29.6 Å². The molecule has 0 aromatic heterocycles. The maximum atomic E-state index is 13.8. The summed E-state index contributed by atoms with van der Waals surface area (Å²) in [5.74, 6) is -1.57. The summed E-state index contributed by atoms with van der Waals surface area (Å²) < 4.78 is -0.650. The number of hydrogen-bond acceptors (Lipinski definition) is 5. The number of thioether (sulfide) groups is 1. The van der Waals surface area contributed by atoms with Gasteiger partial charge in [0.15, 0.2) is 0 Å². The van der Waals surface area contributed by atoms with E-state index >= 15 is 0 Å². The predicted molar refractivity (Wildman–Crippen MR) is 129 cm³/mol. The maximum Gasteiger partial charge on any atom is 0.248 e. The SMILES string of the molecule is CC[C@@H](CO)N1C(=O)[C@@H]2[C@@H](C(=O)NC)[C@H]3CCC2(S3)C1C(=O)Nc1ccc2ccccc2c1. The highest BCUT2D eigenvalue weighted by atomic mass is 32.2.